The molecule has 0 bridgehead atoms. The van der Waals surface area contributed by atoms with E-state index in [1.165, 1.54) is 12.1 Å². The molecule has 0 spiro atoms. The molecular formula is C31H34F3N7O2. The van der Waals surface area contributed by atoms with Crippen LogP contribution in [0, 0.1) is 0 Å². The Labute approximate surface area is 247 Å². The topological polar surface area (TPSA) is 80.8 Å². The van der Waals surface area contributed by atoms with E-state index in [0.717, 1.165) is 73.0 Å². The monoisotopic (exact) mass is 593 g/mol. The molecule has 43 heavy (non-hydrogen) atoms. The number of aromatic nitrogens is 3. The quantitative estimate of drug-likeness (QED) is 0.343. The molecule has 0 radical (unpaired) electrons. The second-order valence-electron chi connectivity index (χ2n) is 11.0. The van der Waals surface area contributed by atoms with Crippen molar-refractivity contribution in [1.82, 2.24) is 29.7 Å². The van der Waals surface area contributed by atoms with Gasteiger partial charge in [-0.25, -0.2) is 9.97 Å². The Balaban J connectivity index is 1.01. The fourth-order valence-corrected chi connectivity index (χ4v) is 5.63. The van der Waals surface area contributed by atoms with Gasteiger partial charge in [0.15, 0.2) is 0 Å². The van der Waals surface area contributed by atoms with Gasteiger partial charge in [0.25, 0.3) is 5.91 Å². The minimum absolute atomic E-state index is 0.0335. The number of hydrogen-bond acceptors (Lipinski definition) is 7. The number of H-pyrrole nitrogens is 1. The zero-order valence-corrected chi connectivity index (χ0v) is 24.0. The minimum Gasteiger partial charge on any atom is -0.481 e. The molecule has 4 heterocycles. The molecule has 2 saturated heterocycles. The van der Waals surface area contributed by atoms with Crippen LogP contribution in [0.3, 0.4) is 0 Å². The summed E-state index contributed by atoms with van der Waals surface area (Å²) in [4.78, 5) is 34.4. The third kappa shape index (κ3) is 6.75. The van der Waals surface area contributed by atoms with Gasteiger partial charge in [-0.15, -0.1) is 0 Å². The maximum Gasteiger partial charge on any atom is 0.416 e. The molecule has 0 atom stereocenters. The second kappa shape index (κ2) is 12.2. The summed E-state index contributed by atoms with van der Waals surface area (Å²) in [6.45, 7) is 7.29. The molecule has 2 fully saturated rings. The number of aromatic amines is 1. The number of carbonyl (C=O) groups excluding carboxylic acids is 1. The van der Waals surface area contributed by atoms with Crippen LogP contribution in [0.5, 0.6) is 5.88 Å². The smallest absolute Gasteiger partial charge is 0.416 e. The number of fused-ring (bicyclic) bond motifs is 1. The van der Waals surface area contributed by atoms with Gasteiger partial charge in [-0.3, -0.25) is 14.6 Å². The fourth-order valence-electron chi connectivity index (χ4n) is 5.63. The van der Waals surface area contributed by atoms with Gasteiger partial charge in [0.05, 0.1) is 23.7 Å². The van der Waals surface area contributed by atoms with Gasteiger partial charge in [-0.1, -0.05) is 18.2 Å². The van der Waals surface area contributed by atoms with Crippen LogP contribution in [0.25, 0.3) is 11.0 Å². The number of anilines is 1. The SMILES string of the molecule is COc1ccc(CN2CCN(c3nc4ccc(C(=O)N5CCN(Cc6ccc(C(F)(F)F)cc6)CC5)cc4[nH]3)CC2)cn1. The van der Waals surface area contributed by atoms with Crippen LogP contribution in [-0.4, -0.2) is 95.0 Å². The highest BCUT2D eigenvalue weighted by molar-refractivity contribution is 5.97. The van der Waals surface area contributed by atoms with E-state index in [4.69, 9.17) is 9.72 Å². The maximum absolute atomic E-state index is 13.3. The lowest BCUT2D eigenvalue weighted by atomic mass is 10.1. The van der Waals surface area contributed by atoms with E-state index in [0.29, 0.717) is 44.2 Å². The molecule has 4 aromatic rings. The number of halogens is 3. The summed E-state index contributed by atoms with van der Waals surface area (Å²) >= 11 is 0. The zero-order valence-electron chi connectivity index (χ0n) is 24.0. The number of nitrogens with zero attached hydrogens (tertiary/aromatic N) is 6. The molecule has 0 aliphatic carbocycles. The molecular weight excluding hydrogens is 559 g/mol. The van der Waals surface area contributed by atoms with Crippen LogP contribution >= 0.6 is 0 Å². The van der Waals surface area contributed by atoms with E-state index in [-0.39, 0.29) is 5.91 Å². The molecule has 0 saturated carbocycles. The van der Waals surface area contributed by atoms with Crippen molar-refractivity contribution in [3.63, 3.8) is 0 Å². The summed E-state index contributed by atoms with van der Waals surface area (Å²) < 4.78 is 43.7. The van der Waals surface area contributed by atoms with Crippen LogP contribution in [-0.2, 0) is 19.3 Å². The van der Waals surface area contributed by atoms with E-state index in [9.17, 15) is 18.0 Å². The lowest BCUT2D eigenvalue weighted by Gasteiger charge is -2.34. The molecule has 1 amide bonds. The van der Waals surface area contributed by atoms with Crippen molar-refractivity contribution in [2.24, 2.45) is 0 Å². The Hall–Kier alpha value is -4.16. The highest BCUT2D eigenvalue weighted by Gasteiger charge is 2.30. The van der Waals surface area contributed by atoms with Gasteiger partial charge in [-0.05, 0) is 41.5 Å². The first kappa shape index (κ1) is 28.9. The highest BCUT2D eigenvalue weighted by atomic mass is 19.4. The van der Waals surface area contributed by atoms with E-state index in [1.54, 1.807) is 7.11 Å². The van der Waals surface area contributed by atoms with Crippen molar-refractivity contribution in [2.45, 2.75) is 19.3 Å². The number of hydrogen-bond donors (Lipinski definition) is 1. The molecule has 0 unspecified atom stereocenters. The standard InChI is InChI=1S/C31H34F3N7O2/c1-43-28-9-4-23(19-35-28)21-39-12-16-41(17-13-39)30-36-26-8-5-24(18-27(26)37-30)29(42)40-14-10-38(11-15-40)20-22-2-6-25(7-3-22)31(32,33)34/h2-9,18-19H,10-17,20-21H2,1H3,(H,36,37). The van der Waals surface area contributed by atoms with Crippen molar-refractivity contribution in [2.75, 3.05) is 64.4 Å². The van der Waals surface area contributed by atoms with Crippen molar-refractivity contribution < 1.29 is 22.7 Å². The first-order chi connectivity index (χ1) is 20.7. The summed E-state index contributed by atoms with van der Waals surface area (Å²) in [5.41, 5.74) is 3.58. The average Bonchev–Trinajstić information content (AvgIpc) is 3.45. The summed E-state index contributed by atoms with van der Waals surface area (Å²) in [5.74, 6) is 1.39. The Kier molecular flexibility index (Phi) is 8.22. The Bertz CT molecular complexity index is 1540. The Morgan fingerprint density at radius 1 is 0.860 bits per heavy atom. The van der Waals surface area contributed by atoms with E-state index in [1.807, 2.05) is 41.4 Å². The van der Waals surface area contributed by atoms with E-state index in [2.05, 4.69) is 24.7 Å². The van der Waals surface area contributed by atoms with Crippen LogP contribution < -0.4 is 9.64 Å². The van der Waals surface area contributed by atoms with Crippen molar-refractivity contribution in [3.05, 3.63) is 83.0 Å². The number of rotatable bonds is 7. The van der Waals surface area contributed by atoms with Gasteiger partial charge in [0, 0.05) is 83.3 Å². The Morgan fingerprint density at radius 3 is 2.14 bits per heavy atom. The number of carbonyl (C=O) groups is 1. The molecule has 2 aliphatic heterocycles. The Morgan fingerprint density at radius 2 is 1.51 bits per heavy atom. The fraction of sp³-hybridized carbons (Fsp3) is 0.387. The molecule has 2 aliphatic rings. The summed E-state index contributed by atoms with van der Waals surface area (Å²) in [6, 6.07) is 14.8. The van der Waals surface area contributed by atoms with Gasteiger partial charge >= 0.3 is 6.18 Å². The largest absolute Gasteiger partial charge is 0.481 e. The van der Waals surface area contributed by atoms with E-state index >= 15 is 0 Å². The van der Waals surface area contributed by atoms with Crippen molar-refractivity contribution in [1.29, 1.82) is 0 Å². The minimum atomic E-state index is -4.34. The lowest BCUT2D eigenvalue weighted by Crippen LogP contribution is -2.48. The summed E-state index contributed by atoms with van der Waals surface area (Å²) in [5, 5.41) is 0. The predicted molar refractivity (Wildman–Crippen MR) is 157 cm³/mol. The average molecular weight is 594 g/mol. The molecule has 2 aromatic heterocycles. The number of alkyl halides is 3. The van der Waals surface area contributed by atoms with Crippen LogP contribution in [0.2, 0.25) is 0 Å². The summed E-state index contributed by atoms with van der Waals surface area (Å²) in [6.07, 6.45) is -2.48. The highest BCUT2D eigenvalue weighted by Crippen LogP contribution is 2.29. The van der Waals surface area contributed by atoms with Gasteiger partial charge in [0.2, 0.25) is 11.8 Å². The van der Waals surface area contributed by atoms with Crippen LogP contribution in [0.15, 0.2) is 60.8 Å². The number of nitrogens with one attached hydrogen (secondary N) is 1. The third-order valence-corrected chi connectivity index (χ3v) is 8.15. The molecule has 12 heteroatoms. The van der Waals surface area contributed by atoms with Crippen molar-refractivity contribution in [3.8, 4) is 5.88 Å². The zero-order chi connectivity index (χ0) is 30.0. The predicted octanol–water partition coefficient (Wildman–Crippen LogP) is 4.27. The van der Waals surface area contributed by atoms with Crippen LogP contribution in [0.4, 0.5) is 19.1 Å². The first-order valence-corrected chi connectivity index (χ1v) is 14.4. The summed E-state index contributed by atoms with van der Waals surface area (Å²) in [7, 11) is 1.61. The van der Waals surface area contributed by atoms with Crippen LogP contribution in [0.1, 0.15) is 27.0 Å². The molecule has 1 N–H and O–H groups in total. The first-order valence-electron chi connectivity index (χ1n) is 14.4. The number of amides is 1. The number of ether oxygens (including phenoxy) is 1. The molecule has 6 rings (SSSR count). The van der Waals surface area contributed by atoms with Crippen molar-refractivity contribution >= 4 is 22.9 Å². The third-order valence-electron chi connectivity index (χ3n) is 8.15. The molecule has 2 aromatic carbocycles. The number of methoxy groups -OCH3 is 1. The molecule has 9 nitrogen and oxygen atoms in total. The second-order valence-corrected chi connectivity index (χ2v) is 11.0. The number of piperazine rings is 2. The van der Waals surface area contributed by atoms with Gasteiger partial charge < -0.3 is 19.5 Å². The van der Waals surface area contributed by atoms with E-state index < -0.39 is 11.7 Å². The van der Waals surface area contributed by atoms with Gasteiger partial charge in [0.1, 0.15) is 0 Å². The number of imidazole rings is 1. The normalized spacial score (nSPS) is 17.0. The number of pyridine rings is 1. The number of benzene rings is 2. The maximum atomic E-state index is 13.3. The lowest BCUT2D eigenvalue weighted by molar-refractivity contribution is -0.137. The van der Waals surface area contributed by atoms with Gasteiger partial charge in [-0.2, -0.15) is 13.2 Å². The molecule has 226 valence electrons.